The van der Waals surface area contributed by atoms with Crippen molar-refractivity contribution < 1.29 is 9.72 Å². The van der Waals surface area contributed by atoms with Gasteiger partial charge in [-0.25, -0.2) is 0 Å². The Kier molecular flexibility index (Phi) is 4.79. The number of nitrogens with zero attached hydrogens (tertiary/aromatic N) is 1. The summed E-state index contributed by atoms with van der Waals surface area (Å²) in [5.41, 5.74) is 6.06. The van der Waals surface area contributed by atoms with Gasteiger partial charge in [0.1, 0.15) is 5.56 Å². The number of nitrogens with one attached hydrogen (secondary N) is 1. The van der Waals surface area contributed by atoms with E-state index in [1.807, 2.05) is 6.92 Å². The van der Waals surface area contributed by atoms with Crippen LogP contribution in [0.5, 0.6) is 0 Å². The van der Waals surface area contributed by atoms with E-state index in [9.17, 15) is 14.9 Å². The second-order valence-electron chi connectivity index (χ2n) is 4.11. The Bertz CT molecular complexity index is 460. The maximum atomic E-state index is 11.9. The lowest BCUT2D eigenvalue weighted by molar-refractivity contribution is -0.385. The normalized spacial score (nSPS) is 11.9. The van der Waals surface area contributed by atoms with E-state index in [-0.39, 0.29) is 17.3 Å². The van der Waals surface area contributed by atoms with Crippen LogP contribution in [0.15, 0.2) is 18.2 Å². The molecule has 0 fully saturated rings. The highest BCUT2D eigenvalue weighted by atomic mass is 16.6. The second-order valence-corrected chi connectivity index (χ2v) is 4.11. The zero-order valence-electron chi connectivity index (χ0n) is 10.5. The van der Waals surface area contributed by atoms with Gasteiger partial charge in [0.25, 0.3) is 11.6 Å². The molecular formula is C12H17N3O3. The molecule has 1 aromatic carbocycles. The van der Waals surface area contributed by atoms with Gasteiger partial charge in [-0.1, -0.05) is 19.1 Å². The number of hydrogen-bond donors (Lipinski definition) is 2. The maximum absolute atomic E-state index is 11.9. The van der Waals surface area contributed by atoms with Crippen LogP contribution < -0.4 is 11.1 Å². The SMILES string of the molecule is CCC(N)CNC(=O)c1cccc(C)c1[N+](=O)[O-]. The van der Waals surface area contributed by atoms with Crippen LogP contribution in [0.2, 0.25) is 0 Å². The zero-order valence-corrected chi connectivity index (χ0v) is 10.5. The molecule has 1 amide bonds. The van der Waals surface area contributed by atoms with Crippen LogP contribution in [0.25, 0.3) is 0 Å². The predicted octanol–water partition coefficient (Wildman–Crippen LogP) is 1.37. The molecule has 0 aliphatic rings. The van der Waals surface area contributed by atoms with E-state index >= 15 is 0 Å². The Morgan fingerprint density at radius 1 is 1.56 bits per heavy atom. The number of para-hydroxylation sites is 1. The molecule has 0 aromatic heterocycles. The van der Waals surface area contributed by atoms with Crippen LogP contribution >= 0.6 is 0 Å². The molecular weight excluding hydrogens is 234 g/mol. The summed E-state index contributed by atoms with van der Waals surface area (Å²) in [6.07, 6.45) is 0.732. The van der Waals surface area contributed by atoms with E-state index in [4.69, 9.17) is 5.73 Å². The number of amides is 1. The van der Waals surface area contributed by atoms with Crippen molar-refractivity contribution in [3.05, 3.63) is 39.4 Å². The first kappa shape index (κ1) is 14.1. The first-order chi connectivity index (χ1) is 8.47. The van der Waals surface area contributed by atoms with Crippen LogP contribution in [-0.4, -0.2) is 23.4 Å². The van der Waals surface area contributed by atoms with Crippen molar-refractivity contribution in [1.29, 1.82) is 0 Å². The van der Waals surface area contributed by atoms with E-state index in [0.717, 1.165) is 6.42 Å². The zero-order chi connectivity index (χ0) is 13.7. The van der Waals surface area contributed by atoms with Gasteiger partial charge in [-0.3, -0.25) is 14.9 Å². The van der Waals surface area contributed by atoms with Gasteiger partial charge in [-0.05, 0) is 19.4 Å². The van der Waals surface area contributed by atoms with Crippen LogP contribution in [0.1, 0.15) is 29.3 Å². The van der Waals surface area contributed by atoms with E-state index < -0.39 is 10.8 Å². The number of hydrogen-bond acceptors (Lipinski definition) is 4. The van der Waals surface area contributed by atoms with Crippen LogP contribution in [0, 0.1) is 17.0 Å². The fourth-order valence-corrected chi connectivity index (χ4v) is 1.55. The van der Waals surface area contributed by atoms with Gasteiger partial charge in [0.15, 0.2) is 0 Å². The van der Waals surface area contributed by atoms with Crippen LogP contribution in [-0.2, 0) is 0 Å². The summed E-state index contributed by atoms with van der Waals surface area (Å²) in [7, 11) is 0. The van der Waals surface area contributed by atoms with Crippen molar-refractivity contribution in [3.63, 3.8) is 0 Å². The molecule has 0 bridgehead atoms. The molecule has 1 rings (SSSR count). The summed E-state index contributed by atoms with van der Waals surface area (Å²) in [6.45, 7) is 3.82. The molecule has 0 aliphatic heterocycles. The minimum Gasteiger partial charge on any atom is -0.350 e. The second kappa shape index (κ2) is 6.11. The molecule has 1 unspecified atom stereocenters. The average molecular weight is 251 g/mol. The number of rotatable bonds is 5. The Morgan fingerprint density at radius 3 is 2.78 bits per heavy atom. The Hall–Kier alpha value is -1.95. The molecule has 1 atom stereocenters. The molecule has 0 aliphatic carbocycles. The van der Waals surface area contributed by atoms with Gasteiger partial charge < -0.3 is 11.1 Å². The van der Waals surface area contributed by atoms with E-state index in [0.29, 0.717) is 12.1 Å². The predicted molar refractivity (Wildman–Crippen MR) is 68.4 cm³/mol. The molecule has 98 valence electrons. The fourth-order valence-electron chi connectivity index (χ4n) is 1.55. The highest BCUT2D eigenvalue weighted by Crippen LogP contribution is 2.22. The molecule has 0 saturated heterocycles. The van der Waals surface area contributed by atoms with Crippen molar-refractivity contribution in [1.82, 2.24) is 5.32 Å². The fraction of sp³-hybridized carbons (Fsp3) is 0.417. The highest BCUT2D eigenvalue weighted by molar-refractivity contribution is 5.98. The third kappa shape index (κ3) is 3.27. The smallest absolute Gasteiger partial charge is 0.285 e. The molecule has 18 heavy (non-hydrogen) atoms. The maximum Gasteiger partial charge on any atom is 0.285 e. The van der Waals surface area contributed by atoms with Crippen molar-refractivity contribution in [3.8, 4) is 0 Å². The largest absolute Gasteiger partial charge is 0.350 e. The lowest BCUT2D eigenvalue weighted by atomic mass is 10.1. The van der Waals surface area contributed by atoms with Gasteiger partial charge in [0.2, 0.25) is 0 Å². The standard InChI is InChI=1S/C12H17N3O3/c1-3-9(13)7-14-12(16)10-6-4-5-8(2)11(10)15(17)18/h4-6,9H,3,7,13H2,1-2H3,(H,14,16). The van der Waals surface area contributed by atoms with Crippen molar-refractivity contribution in [2.24, 2.45) is 5.73 Å². The minimum absolute atomic E-state index is 0.0725. The highest BCUT2D eigenvalue weighted by Gasteiger charge is 2.22. The Labute approximate surface area is 105 Å². The van der Waals surface area contributed by atoms with Crippen molar-refractivity contribution >= 4 is 11.6 Å². The average Bonchev–Trinajstić information content (AvgIpc) is 2.34. The van der Waals surface area contributed by atoms with E-state index in [2.05, 4.69) is 5.32 Å². The number of nitrogens with two attached hydrogens (primary N) is 1. The van der Waals surface area contributed by atoms with Gasteiger partial charge in [0.05, 0.1) is 4.92 Å². The third-order valence-corrected chi connectivity index (χ3v) is 2.71. The Balaban J connectivity index is 2.92. The van der Waals surface area contributed by atoms with Crippen molar-refractivity contribution in [2.45, 2.75) is 26.3 Å². The topological polar surface area (TPSA) is 98.3 Å². The third-order valence-electron chi connectivity index (χ3n) is 2.71. The summed E-state index contributed by atoms with van der Waals surface area (Å²) in [6, 6.07) is 4.53. The summed E-state index contributed by atoms with van der Waals surface area (Å²) >= 11 is 0. The monoisotopic (exact) mass is 251 g/mol. The van der Waals surface area contributed by atoms with Crippen molar-refractivity contribution in [2.75, 3.05) is 6.54 Å². The summed E-state index contributed by atoms with van der Waals surface area (Å²) in [4.78, 5) is 22.3. The summed E-state index contributed by atoms with van der Waals surface area (Å²) < 4.78 is 0. The van der Waals surface area contributed by atoms with Gasteiger partial charge >= 0.3 is 0 Å². The van der Waals surface area contributed by atoms with Gasteiger partial charge in [0, 0.05) is 18.2 Å². The summed E-state index contributed by atoms with van der Waals surface area (Å²) in [5.74, 6) is -0.464. The quantitative estimate of drug-likeness (QED) is 0.610. The molecule has 0 heterocycles. The number of benzene rings is 1. The van der Waals surface area contributed by atoms with Crippen LogP contribution in [0.4, 0.5) is 5.69 Å². The minimum atomic E-state index is -0.538. The number of aryl methyl sites for hydroxylation is 1. The van der Waals surface area contributed by atoms with Crippen LogP contribution in [0.3, 0.4) is 0 Å². The molecule has 1 aromatic rings. The molecule has 3 N–H and O–H groups in total. The summed E-state index contributed by atoms with van der Waals surface area (Å²) in [5, 5.41) is 13.5. The number of carbonyl (C=O) groups excluding carboxylic acids is 1. The number of carbonyl (C=O) groups is 1. The molecule has 0 saturated carbocycles. The first-order valence-electron chi connectivity index (χ1n) is 5.75. The molecule has 6 nitrogen and oxygen atoms in total. The van der Waals surface area contributed by atoms with E-state index in [1.54, 1.807) is 19.1 Å². The molecule has 0 spiro atoms. The molecule has 0 radical (unpaired) electrons. The number of nitro groups is 1. The Morgan fingerprint density at radius 2 is 2.22 bits per heavy atom. The van der Waals surface area contributed by atoms with Gasteiger partial charge in [-0.2, -0.15) is 0 Å². The lowest BCUT2D eigenvalue weighted by Gasteiger charge is -2.10. The van der Waals surface area contributed by atoms with E-state index in [1.165, 1.54) is 6.07 Å². The number of nitro benzene ring substituents is 1. The van der Waals surface area contributed by atoms with Gasteiger partial charge in [-0.15, -0.1) is 0 Å². The first-order valence-corrected chi connectivity index (χ1v) is 5.75. The molecule has 6 heteroatoms. The lowest BCUT2D eigenvalue weighted by Crippen LogP contribution is -2.36.